The quantitative estimate of drug-likeness (QED) is 0.183. The zero-order valence-corrected chi connectivity index (χ0v) is 18.0. The standard InChI is InChI=1S/C18H18N8O4.Li.N3/c19-25-21-8-12-11(27)7-14(30-12)26-9-20-15-16(26)23-18(24-17(15)29)22-13(28)6-10-4-2-1-3-5-10;;1-3-2/h1-5,9,11-12,14,27H,6-8H2,(H2,22,23,24,28,29);;/q;+1;-1/t11-,12+,14+;;/m0../s1. The summed E-state index contributed by atoms with van der Waals surface area (Å²) in [6, 6.07) is 9.17. The average molecular weight is 459 g/mol. The molecule has 1 fully saturated rings. The number of hydrogen-bond acceptors (Lipinski definition) is 7. The molecular weight excluding hydrogens is 441 g/mol. The number of nitrogens with zero attached hydrogens (tertiary/aromatic N) is 9. The number of amides is 1. The van der Waals surface area contributed by atoms with Gasteiger partial charge in [0.1, 0.15) is 6.23 Å². The second-order valence-corrected chi connectivity index (χ2v) is 6.88. The zero-order valence-electron chi connectivity index (χ0n) is 18.0. The molecule has 0 spiro atoms. The third-order valence-electron chi connectivity index (χ3n) is 4.74. The zero-order chi connectivity index (χ0) is 23.8. The maximum absolute atomic E-state index is 12.4. The third kappa shape index (κ3) is 6.37. The van der Waals surface area contributed by atoms with Gasteiger partial charge in [-0.3, -0.25) is 29.4 Å². The molecule has 0 aliphatic carbocycles. The predicted molar refractivity (Wildman–Crippen MR) is 116 cm³/mol. The number of anilines is 1. The molecule has 4 rings (SSSR count). The molecule has 3 N–H and O–H groups in total. The number of aliphatic hydroxyl groups excluding tert-OH is 1. The van der Waals surface area contributed by atoms with E-state index in [4.69, 9.17) is 21.3 Å². The van der Waals surface area contributed by atoms with Gasteiger partial charge in [0.05, 0.1) is 31.5 Å². The fourth-order valence-corrected chi connectivity index (χ4v) is 3.32. The Kier molecular flexibility index (Phi) is 9.66. The van der Waals surface area contributed by atoms with Crippen LogP contribution in [0.2, 0.25) is 0 Å². The number of aromatic amines is 1. The van der Waals surface area contributed by atoms with Crippen LogP contribution >= 0.6 is 0 Å². The van der Waals surface area contributed by atoms with E-state index >= 15 is 0 Å². The number of benzene rings is 1. The fraction of sp³-hybridized carbons (Fsp3) is 0.333. The van der Waals surface area contributed by atoms with Crippen LogP contribution in [0.5, 0.6) is 0 Å². The second kappa shape index (κ2) is 12.4. The summed E-state index contributed by atoms with van der Waals surface area (Å²) in [6.45, 7) is -0.0183. The fourth-order valence-electron chi connectivity index (χ4n) is 3.32. The number of carbonyl (C=O) groups excluding carboxylic acids is 1. The number of carbonyl (C=O) groups is 1. The van der Waals surface area contributed by atoms with E-state index in [1.165, 1.54) is 15.8 Å². The number of azide groups is 1. The second-order valence-electron chi connectivity index (χ2n) is 6.88. The molecule has 0 unspecified atom stereocenters. The molecule has 0 bridgehead atoms. The maximum Gasteiger partial charge on any atom is 1.00 e. The topological polar surface area (TPSA) is 230 Å². The smallest absolute Gasteiger partial charge is 0.390 e. The van der Waals surface area contributed by atoms with Crippen molar-refractivity contribution in [3.8, 4) is 0 Å². The molecular formula is C18H18LiN11O4. The Morgan fingerprint density at radius 1 is 1.32 bits per heavy atom. The van der Waals surface area contributed by atoms with Crippen molar-refractivity contribution in [3.63, 3.8) is 0 Å². The van der Waals surface area contributed by atoms with Crippen LogP contribution in [-0.2, 0) is 16.0 Å². The minimum absolute atomic E-state index is 0. The molecule has 0 saturated carbocycles. The number of imidazole rings is 1. The minimum Gasteiger partial charge on any atom is -0.390 e. The van der Waals surface area contributed by atoms with E-state index in [0.29, 0.717) is 0 Å². The van der Waals surface area contributed by atoms with Gasteiger partial charge in [-0.05, 0) is 11.1 Å². The molecule has 1 saturated heterocycles. The van der Waals surface area contributed by atoms with Gasteiger partial charge in [-0.15, -0.1) is 0 Å². The van der Waals surface area contributed by atoms with Gasteiger partial charge in [0.2, 0.25) is 11.9 Å². The van der Waals surface area contributed by atoms with Gasteiger partial charge >= 0.3 is 18.9 Å². The first-order valence-electron chi connectivity index (χ1n) is 9.60. The van der Waals surface area contributed by atoms with Gasteiger partial charge < -0.3 is 20.9 Å². The Bertz CT molecular complexity index is 1270. The van der Waals surface area contributed by atoms with Crippen LogP contribution in [0, 0.1) is 0 Å². The van der Waals surface area contributed by atoms with Crippen LogP contribution in [-0.4, -0.2) is 49.3 Å². The van der Waals surface area contributed by atoms with Crippen LogP contribution in [0.4, 0.5) is 5.95 Å². The largest absolute Gasteiger partial charge is 1.00 e. The van der Waals surface area contributed by atoms with E-state index < -0.39 is 24.0 Å². The van der Waals surface area contributed by atoms with Crippen LogP contribution in [0.3, 0.4) is 0 Å². The van der Waals surface area contributed by atoms with Crippen molar-refractivity contribution in [2.75, 3.05) is 11.9 Å². The first-order chi connectivity index (χ1) is 16.0. The van der Waals surface area contributed by atoms with Gasteiger partial charge in [0.15, 0.2) is 11.2 Å². The Morgan fingerprint density at radius 3 is 2.71 bits per heavy atom. The van der Waals surface area contributed by atoms with Gasteiger partial charge in [0.25, 0.3) is 5.56 Å². The van der Waals surface area contributed by atoms with Gasteiger partial charge in [-0.1, -0.05) is 35.4 Å². The molecule has 3 heterocycles. The molecule has 15 nitrogen and oxygen atoms in total. The Morgan fingerprint density at radius 2 is 2.03 bits per heavy atom. The summed E-state index contributed by atoms with van der Waals surface area (Å²) in [5.74, 6) is -0.351. The molecule has 34 heavy (non-hydrogen) atoms. The first-order valence-corrected chi connectivity index (χ1v) is 9.60. The van der Waals surface area contributed by atoms with Crippen LogP contribution in [0.1, 0.15) is 18.2 Å². The van der Waals surface area contributed by atoms with Crippen molar-refractivity contribution < 1.29 is 33.5 Å². The number of fused-ring (bicyclic) bond motifs is 1. The monoisotopic (exact) mass is 459 g/mol. The predicted octanol–water partition coefficient (Wildman–Crippen LogP) is -0.870. The molecule has 0 radical (unpaired) electrons. The van der Waals surface area contributed by atoms with E-state index in [0.717, 1.165) is 5.56 Å². The summed E-state index contributed by atoms with van der Waals surface area (Å²) < 4.78 is 7.25. The molecule has 3 atom stereocenters. The van der Waals surface area contributed by atoms with Gasteiger partial charge in [-0.2, -0.15) is 4.98 Å². The average Bonchev–Trinajstić information content (AvgIpc) is 3.37. The summed E-state index contributed by atoms with van der Waals surface area (Å²) in [5, 5.41) is 16.2. The normalized spacial score (nSPS) is 18.6. The number of rotatable bonds is 6. The van der Waals surface area contributed by atoms with Crippen molar-refractivity contribution in [2.24, 2.45) is 5.11 Å². The van der Waals surface area contributed by atoms with Crippen molar-refractivity contribution in [1.29, 1.82) is 0 Å². The third-order valence-corrected chi connectivity index (χ3v) is 4.74. The Hall–Kier alpha value is -3.82. The summed E-state index contributed by atoms with van der Waals surface area (Å²) in [6.07, 6.45) is -0.441. The molecule has 1 aromatic carbocycles. The molecule has 16 heteroatoms. The van der Waals surface area contributed by atoms with E-state index in [-0.39, 0.29) is 61.3 Å². The summed E-state index contributed by atoms with van der Waals surface area (Å²) >= 11 is 0. The van der Waals surface area contributed by atoms with Crippen LogP contribution < -0.4 is 29.7 Å². The molecule has 2 aromatic heterocycles. The van der Waals surface area contributed by atoms with Crippen LogP contribution in [0.15, 0.2) is 46.6 Å². The van der Waals surface area contributed by atoms with E-state index in [1.807, 2.05) is 30.3 Å². The summed E-state index contributed by atoms with van der Waals surface area (Å²) in [4.78, 5) is 39.7. The minimum atomic E-state index is -0.843. The number of H-pyrrole nitrogens is 1. The number of aromatic nitrogens is 4. The van der Waals surface area contributed by atoms with Crippen molar-refractivity contribution in [1.82, 2.24) is 19.5 Å². The first kappa shape index (κ1) is 26.4. The number of nitrogens with one attached hydrogen (secondary N) is 2. The SMILES string of the molecule is [Li+].[N-]=[N+]=NC[C@H]1O[C@@H](n2cnc3c(=O)[nH]c(NC(=O)Cc4ccccc4)nc32)C[C@@H]1O.[N-]=[N+]=[N-]. The molecule has 1 aliphatic rings. The van der Waals surface area contributed by atoms with Crippen molar-refractivity contribution in [3.05, 3.63) is 79.0 Å². The molecule has 1 aliphatic heterocycles. The number of aliphatic hydroxyl groups is 1. The summed E-state index contributed by atoms with van der Waals surface area (Å²) in [7, 11) is 0. The van der Waals surface area contributed by atoms with Crippen LogP contribution in [0.25, 0.3) is 37.6 Å². The van der Waals surface area contributed by atoms with Crippen molar-refractivity contribution in [2.45, 2.75) is 31.3 Å². The van der Waals surface area contributed by atoms with Gasteiger partial charge in [0, 0.05) is 11.3 Å². The Balaban J connectivity index is 0.000000970. The Labute approximate surface area is 203 Å². The number of hydrogen-bond donors (Lipinski definition) is 3. The summed E-state index contributed by atoms with van der Waals surface area (Å²) in [5.41, 5.74) is 22.5. The van der Waals surface area contributed by atoms with E-state index in [9.17, 15) is 14.7 Å². The number of ether oxygens (including phenoxy) is 1. The van der Waals surface area contributed by atoms with Gasteiger partial charge in [-0.25, -0.2) is 4.98 Å². The molecule has 170 valence electrons. The maximum atomic E-state index is 12.4. The van der Waals surface area contributed by atoms with E-state index in [1.54, 1.807) is 0 Å². The van der Waals surface area contributed by atoms with E-state index in [2.05, 4.69) is 30.3 Å². The van der Waals surface area contributed by atoms with Crippen molar-refractivity contribution >= 4 is 23.0 Å². The molecule has 3 aromatic rings. The molecule has 1 amide bonds.